The van der Waals surface area contributed by atoms with Crippen LogP contribution in [0.4, 0.5) is 8.78 Å². The van der Waals surface area contributed by atoms with Gasteiger partial charge in [0.15, 0.2) is 0 Å². The van der Waals surface area contributed by atoms with Gasteiger partial charge in [-0.2, -0.15) is 0 Å². The minimum absolute atomic E-state index is 0.0302. The molecule has 1 aliphatic rings. The molecule has 0 spiro atoms. The topological polar surface area (TPSA) is 26.7 Å². The van der Waals surface area contributed by atoms with Crippen LogP contribution < -0.4 is 0 Å². The Morgan fingerprint density at radius 3 is 2.59 bits per heavy atom. The van der Waals surface area contributed by atoms with E-state index in [0.29, 0.717) is 25.2 Å². The Balaban J connectivity index is 2.07. The average molecular weight is 304 g/mol. The molecule has 0 fully saturated rings. The van der Waals surface area contributed by atoms with Crippen molar-refractivity contribution < 1.29 is 13.9 Å². The summed E-state index contributed by atoms with van der Waals surface area (Å²) in [7, 11) is 1.85. The largest absolute Gasteiger partial charge is 0.506 e. The third-order valence-electron chi connectivity index (χ3n) is 3.44. The summed E-state index contributed by atoms with van der Waals surface area (Å²) in [6, 6.07) is 3.49. The van der Waals surface area contributed by atoms with E-state index in [-0.39, 0.29) is 11.8 Å². The van der Waals surface area contributed by atoms with Gasteiger partial charge >= 0.3 is 0 Å². The molecule has 1 aromatic rings. The van der Waals surface area contributed by atoms with Gasteiger partial charge in [-0.15, -0.1) is 6.42 Å². The number of hydrogen-bond acceptors (Lipinski definition) is 3. The number of halogens is 2. The molecule has 22 heavy (non-hydrogen) atoms. The number of nitrogens with zero attached hydrogens (tertiary/aromatic N) is 2. The monoisotopic (exact) mass is 304 g/mol. The Labute approximate surface area is 129 Å². The predicted octanol–water partition coefficient (Wildman–Crippen LogP) is 2.67. The van der Waals surface area contributed by atoms with Gasteiger partial charge in [-0.25, -0.2) is 8.78 Å². The van der Waals surface area contributed by atoms with Crippen molar-refractivity contribution in [3.8, 4) is 12.3 Å². The van der Waals surface area contributed by atoms with Crippen molar-refractivity contribution in [3.05, 3.63) is 59.5 Å². The highest BCUT2D eigenvalue weighted by Gasteiger charge is 2.17. The van der Waals surface area contributed by atoms with Gasteiger partial charge in [-0.3, -0.25) is 4.90 Å². The highest BCUT2D eigenvalue weighted by molar-refractivity contribution is 5.20. The molecular weight excluding hydrogens is 286 g/mol. The lowest BCUT2D eigenvalue weighted by atomic mass is 10.1. The standard InChI is InChI=1S/C17H18F2N2O/c1-3-6-21(10-13-7-14(18)9-15(19)8-13)11-16-4-5-17(22)12-20(16)2/h1,4-5,7-9,12,16,22H,6,10-11H2,2H3. The van der Waals surface area contributed by atoms with E-state index < -0.39 is 11.6 Å². The second kappa shape index (κ2) is 7.10. The van der Waals surface area contributed by atoms with Crippen molar-refractivity contribution in [1.29, 1.82) is 0 Å². The van der Waals surface area contributed by atoms with E-state index in [1.807, 2.05) is 22.9 Å². The molecule has 0 saturated carbocycles. The summed E-state index contributed by atoms with van der Waals surface area (Å²) in [5.74, 6) is 1.55. The number of aliphatic hydroxyl groups excluding tert-OH is 1. The predicted molar refractivity (Wildman–Crippen MR) is 81.9 cm³/mol. The van der Waals surface area contributed by atoms with Crippen LogP contribution in [0, 0.1) is 24.0 Å². The molecule has 0 aromatic heterocycles. The first-order chi connectivity index (χ1) is 10.5. The molecule has 2 rings (SSSR count). The summed E-state index contributed by atoms with van der Waals surface area (Å²) in [5, 5.41) is 9.43. The lowest BCUT2D eigenvalue weighted by Crippen LogP contribution is -2.40. The zero-order chi connectivity index (χ0) is 16.1. The highest BCUT2D eigenvalue weighted by Crippen LogP contribution is 2.14. The molecule has 1 aromatic carbocycles. The first kappa shape index (κ1) is 16.1. The number of hydrogen-bond donors (Lipinski definition) is 1. The number of rotatable bonds is 5. The van der Waals surface area contributed by atoms with E-state index in [1.165, 1.54) is 12.1 Å². The Morgan fingerprint density at radius 1 is 1.32 bits per heavy atom. The van der Waals surface area contributed by atoms with Crippen LogP contribution in [0.15, 0.2) is 42.3 Å². The summed E-state index contributed by atoms with van der Waals surface area (Å²) in [6.07, 6.45) is 10.5. The van der Waals surface area contributed by atoms with Gasteiger partial charge in [-0.05, 0) is 23.8 Å². The van der Waals surface area contributed by atoms with Gasteiger partial charge in [0.25, 0.3) is 0 Å². The van der Waals surface area contributed by atoms with Crippen molar-refractivity contribution in [3.63, 3.8) is 0 Å². The molecule has 5 heteroatoms. The van der Waals surface area contributed by atoms with Gasteiger partial charge in [0.2, 0.25) is 0 Å². The fraction of sp³-hybridized carbons (Fsp3) is 0.294. The second-order valence-electron chi connectivity index (χ2n) is 5.30. The molecule has 1 unspecified atom stereocenters. The van der Waals surface area contributed by atoms with Crippen LogP contribution in [0.3, 0.4) is 0 Å². The molecule has 0 amide bonds. The van der Waals surface area contributed by atoms with E-state index in [0.717, 1.165) is 6.07 Å². The summed E-state index contributed by atoms with van der Waals surface area (Å²) in [5.41, 5.74) is 0.536. The molecule has 3 nitrogen and oxygen atoms in total. The highest BCUT2D eigenvalue weighted by atomic mass is 19.1. The number of terminal acetylenes is 1. The van der Waals surface area contributed by atoms with Gasteiger partial charge in [0.05, 0.1) is 12.6 Å². The van der Waals surface area contributed by atoms with Crippen LogP contribution in [-0.2, 0) is 6.54 Å². The molecule has 1 atom stereocenters. The smallest absolute Gasteiger partial charge is 0.131 e. The van der Waals surface area contributed by atoms with Crippen LogP contribution >= 0.6 is 0 Å². The zero-order valence-electron chi connectivity index (χ0n) is 12.3. The van der Waals surface area contributed by atoms with Gasteiger partial charge in [0.1, 0.15) is 17.4 Å². The maximum atomic E-state index is 13.3. The Hall–Kier alpha value is -2.32. The van der Waals surface area contributed by atoms with Crippen molar-refractivity contribution in [2.45, 2.75) is 12.6 Å². The average Bonchev–Trinajstić information content (AvgIpc) is 2.41. The first-order valence-corrected chi connectivity index (χ1v) is 6.89. The Kier molecular flexibility index (Phi) is 5.18. The molecule has 1 N–H and O–H groups in total. The maximum absolute atomic E-state index is 13.3. The summed E-state index contributed by atoms with van der Waals surface area (Å²) in [4.78, 5) is 3.79. The molecule has 0 saturated heterocycles. The van der Waals surface area contributed by atoms with E-state index >= 15 is 0 Å². The van der Waals surface area contributed by atoms with Crippen LogP contribution in [-0.4, -0.2) is 41.1 Å². The van der Waals surface area contributed by atoms with Crippen LogP contribution in [0.25, 0.3) is 0 Å². The van der Waals surface area contributed by atoms with Crippen molar-refractivity contribution in [1.82, 2.24) is 9.80 Å². The van der Waals surface area contributed by atoms with Crippen LogP contribution in [0.5, 0.6) is 0 Å². The summed E-state index contributed by atoms with van der Waals surface area (Å²) < 4.78 is 26.5. The number of benzene rings is 1. The first-order valence-electron chi connectivity index (χ1n) is 6.89. The van der Waals surface area contributed by atoms with E-state index in [4.69, 9.17) is 6.42 Å². The normalized spacial score (nSPS) is 17.5. The van der Waals surface area contributed by atoms with E-state index in [2.05, 4.69) is 5.92 Å². The number of likely N-dealkylation sites (N-methyl/N-ethyl adjacent to an activating group) is 1. The SMILES string of the molecule is C#CCN(Cc1cc(F)cc(F)c1)CC1C=CC(O)=CN1C. The number of aliphatic hydroxyl groups is 1. The fourth-order valence-electron chi connectivity index (χ4n) is 2.42. The molecule has 1 heterocycles. The molecule has 0 aliphatic carbocycles. The van der Waals surface area contributed by atoms with Gasteiger partial charge < -0.3 is 10.0 Å². The van der Waals surface area contributed by atoms with E-state index in [9.17, 15) is 13.9 Å². The lowest BCUT2D eigenvalue weighted by molar-refractivity contribution is 0.224. The maximum Gasteiger partial charge on any atom is 0.131 e. The third-order valence-corrected chi connectivity index (χ3v) is 3.44. The van der Waals surface area contributed by atoms with Gasteiger partial charge in [-0.1, -0.05) is 12.0 Å². The molecule has 0 radical (unpaired) electrons. The van der Waals surface area contributed by atoms with Gasteiger partial charge in [0, 0.05) is 32.4 Å². The quantitative estimate of drug-likeness (QED) is 0.847. The molecular formula is C17H18F2N2O. The molecule has 1 aliphatic heterocycles. The lowest BCUT2D eigenvalue weighted by Gasteiger charge is -2.31. The van der Waals surface area contributed by atoms with Crippen molar-refractivity contribution >= 4 is 0 Å². The minimum atomic E-state index is -0.599. The Morgan fingerprint density at radius 2 is 2.00 bits per heavy atom. The second-order valence-corrected chi connectivity index (χ2v) is 5.30. The van der Waals surface area contributed by atoms with Crippen molar-refractivity contribution in [2.24, 2.45) is 0 Å². The van der Waals surface area contributed by atoms with Crippen molar-refractivity contribution in [2.75, 3.05) is 20.1 Å². The molecule has 0 bridgehead atoms. The van der Waals surface area contributed by atoms with Crippen LogP contribution in [0.2, 0.25) is 0 Å². The molecule has 116 valence electrons. The number of allylic oxidation sites excluding steroid dienone is 1. The Bertz CT molecular complexity index is 614. The van der Waals surface area contributed by atoms with E-state index in [1.54, 1.807) is 12.3 Å². The zero-order valence-corrected chi connectivity index (χ0v) is 12.3. The summed E-state index contributed by atoms with van der Waals surface area (Å²) in [6.45, 7) is 1.30. The minimum Gasteiger partial charge on any atom is -0.506 e. The fourth-order valence-corrected chi connectivity index (χ4v) is 2.42. The van der Waals surface area contributed by atoms with Crippen LogP contribution in [0.1, 0.15) is 5.56 Å². The summed E-state index contributed by atoms with van der Waals surface area (Å²) >= 11 is 0. The third kappa shape index (κ3) is 4.34.